The van der Waals surface area contributed by atoms with Gasteiger partial charge in [0.2, 0.25) is 5.88 Å². The lowest BCUT2D eigenvalue weighted by Gasteiger charge is -2.03. The Hall–Kier alpha value is -1.33. The molecule has 0 atom stereocenters. The Bertz CT molecular complexity index is 600. The molecule has 0 radical (unpaired) electrons. The van der Waals surface area contributed by atoms with Crippen LogP contribution in [0.2, 0.25) is 0 Å². The van der Waals surface area contributed by atoms with Crippen molar-refractivity contribution in [2.24, 2.45) is 0 Å². The van der Waals surface area contributed by atoms with Gasteiger partial charge in [-0.1, -0.05) is 46.0 Å². The van der Waals surface area contributed by atoms with Crippen molar-refractivity contribution in [3.05, 3.63) is 55.4 Å². The Morgan fingerprint density at radius 3 is 2.81 bits per heavy atom. The van der Waals surface area contributed by atoms with Crippen molar-refractivity contribution in [1.29, 1.82) is 0 Å². The van der Waals surface area contributed by atoms with Crippen LogP contribution < -0.4 is 4.87 Å². The van der Waals surface area contributed by atoms with Gasteiger partial charge < -0.3 is 5.11 Å². The smallest absolute Gasteiger partial charge is 0.307 e. The Morgan fingerprint density at radius 2 is 2.25 bits per heavy atom. The molecule has 0 aliphatic carbocycles. The maximum Gasteiger partial charge on any atom is 0.307 e. The van der Waals surface area contributed by atoms with Crippen LogP contribution in [0.3, 0.4) is 0 Å². The highest BCUT2D eigenvalue weighted by atomic mass is 79.9. The number of halogens is 1. The number of rotatable bonds is 2. The summed E-state index contributed by atoms with van der Waals surface area (Å²) in [6, 6.07) is 7.52. The van der Waals surface area contributed by atoms with Crippen molar-refractivity contribution in [2.75, 3.05) is 0 Å². The van der Waals surface area contributed by atoms with Crippen molar-refractivity contribution >= 4 is 32.8 Å². The van der Waals surface area contributed by atoms with Gasteiger partial charge in [-0.15, -0.1) is 0 Å². The third kappa shape index (κ3) is 2.10. The summed E-state index contributed by atoms with van der Waals surface area (Å²) in [6.45, 7) is 3.88. The van der Waals surface area contributed by atoms with E-state index in [4.69, 9.17) is 0 Å². The van der Waals surface area contributed by atoms with E-state index in [0.717, 1.165) is 21.4 Å². The molecule has 0 aliphatic heterocycles. The van der Waals surface area contributed by atoms with Crippen molar-refractivity contribution in [2.45, 2.75) is 0 Å². The number of nitrogens with one attached hydrogen (secondary N) is 1. The molecule has 0 amide bonds. The topological polar surface area (TPSA) is 53.1 Å². The van der Waals surface area contributed by atoms with Gasteiger partial charge in [0, 0.05) is 4.47 Å². The molecule has 1 aromatic carbocycles. The predicted molar refractivity (Wildman–Crippen MR) is 68.9 cm³/mol. The summed E-state index contributed by atoms with van der Waals surface area (Å²) in [5.41, 5.74) is 1.49. The molecule has 5 heteroatoms. The standard InChI is InChI=1S/C11H8BrNO2S/c1-6(7-3-2-4-8(12)5-7)9-10(14)13-11(15)16-9/h2-5,14H,1H2,(H,13,15). The van der Waals surface area contributed by atoms with E-state index in [1.807, 2.05) is 24.3 Å². The molecular formula is C11H8BrNO2S. The van der Waals surface area contributed by atoms with E-state index in [2.05, 4.69) is 27.5 Å². The molecule has 16 heavy (non-hydrogen) atoms. The lowest BCUT2D eigenvalue weighted by molar-refractivity contribution is 0.455. The molecule has 0 bridgehead atoms. The van der Waals surface area contributed by atoms with Crippen molar-refractivity contribution in [1.82, 2.24) is 4.98 Å². The van der Waals surface area contributed by atoms with Crippen LogP contribution in [0.25, 0.3) is 5.57 Å². The van der Waals surface area contributed by atoms with Crippen LogP contribution in [-0.4, -0.2) is 10.1 Å². The molecule has 0 saturated heterocycles. The molecule has 0 saturated carbocycles. The first-order chi connectivity index (χ1) is 7.58. The van der Waals surface area contributed by atoms with E-state index in [9.17, 15) is 9.90 Å². The van der Waals surface area contributed by atoms with E-state index in [0.29, 0.717) is 10.5 Å². The number of H-pyrrole nitrogens is 1. The first kappa shape index (κ1) is 11.2. The van der Waals surface area contributed by atoms with Gasteiger partial charge in [0.15, 0.2) is 0 Å². The van der Waals surface area contributed by atoms with Crippen molar-refractivity contribution in [3.63, 3.8) is 0 Å². The normalized spacial score (nSPS) is 10.3. The van der Waals surface area contributed by atoms with Crippen LogP contribution in [0.5, 0.6) is 5.88 Å². The minimum absolute atomic E-state index is 0.125. The number of benzene rings is 1. The quantitative estimate of drug-likeness (QED) is 0.895. The summed E-state index contributed by atoms with van der Waals surface area (Å²) < 4.78 is 0.925. The van der Waals surface area contributed by atoms with Crippen LogP contribution in [0.4, 0.5) is 0 Å². The van der Waals surface area contributed by atoms with Gasteiger partial charge in [0.1, 0.15) is 0 Å². The monoisotopic (exact) mass is 297 g/mol. The first-order valence-corrected chi connectivity index (χ1v) is 6.06. The Balaban J connectivity index is 2.47. The highest BCUT2D eigenvalue weighted by Crippen LogP contribution is 2.30. The van der Waals surface area contributed by atoms with E-state index < -0.39 is 0 Å². The molecule has 0 spiro atoms. The van der Waals surface area contributed by atoms with Crippen LogP contribution >= 0.6 is 27.3 Å². The second kappa shape index (κ2) is 4.27. The number of hydrogen-bond acceptors (Lipinski definition) is 3. The zero-order chi connectivity index (χ0) is 11.7. The zero-order valence-corrected chi connectivity index (χ0v) is 10.6. The second-order valence-electron chi connectivity index (χ2n) is 3.18. The summed E-state index contributed by atoms with van der Waals surface area (Å²) in [5, 5.41) is 9.51. The van der Waals surface area contributed by atoms with Gasteiger partial charge in [0.05, 0.1) is 4.88 Å². The molecule has 2 rings (SSSR count). The number of aromatic hydroxyl groups is 1. The molecular weight excluding hydrogens is 290 g/mol. The fourth-order valence-electron chi connectivity index (χ4n) is 1.33. The average Bonchev–Trinajstić information content (AvgIpc) is 2.57. The molecule has 2 aromatic rings. The summed E-state index contributed by atoms with van der Waals surface area (Å²) in [5.74, 6) is -0.125. The number of aromatic nitrogens is 1. The SMILES string of the molecule is C=C(c1cccc(Br)c1)c1sc(=O)[nH]c1O. The fourth-order valence-corrected chi connectivity index (χ4v) is 2.45. The molecule has 2 N–H and O–H groups in total. The summed E-state index contributed by atoms with van der Waals surface area (Å²) in [6.07, 6.45) is 0. The minimum Gasteiger partial charge on any atom is -0.493 e. The molecule has 1 aromatic heterocycles. The van der Waals surface area contributed by atoms with Crippen LogP contribution in [0.15, 0.2) is 40.1 Å². The lowest BCUT2D eigenvalue weighted by atomic mass is 10.1. The van der Waals surface area contributed by atoms with Crippen LogP contribution in [0.1, 0.15) is 10.4 Å². The molecule has 0 aliphatic rings. The van der Waals surface area contributed by atoms with Crippen LogP contribution in [-0.2, 0) is 0 Å². The first-order valence-electron chi connectivity index (χ1n) is 4.45. The molecule has 0 fully saturated rings. The highest BCUT2D eigenvalue weighted by molar-refractivity contribution is 9.10. The van der Waals surface area contributed by atoms with Gasteiger partial charge in [-0.2, -0.15) is 0 Å². The second-order valence-corrected chi connectivity index (χ2v) is 5.08. The Kier molecular flexibility index (Phi) is 2.98. The largest absolute Gasteiger partial charge is 0.493 e. The third-order valence-electron chi connectivity index (χ3n) is 2.08. The Labute approximate surface area is 104 Å². The van der Waals surface area contributed by atoms with E-state index in [1.54, 1.807) is 0 Å². The van der Waals surface area contributed by atoms with Crippen LogP contribution in [0, 0.1) is 0 Å². The molecule has 82 valence electrons. The predicted octanol–water partition coefficient (Wildman–Crippen LogP) is 2.97. The molecule has 1 heterocycles. The van der Waals surface area contributed by atoms with Crippen molar-refractivity contribution in [3.8, 4) is 5.88 Å². The third-order valence-corrected chi connectivity index (χ3v) is 3.50. The highest BCUT2D eigenvalue weighted by Gasteiger charge is 2.11. The maximum absolute atomic E-state index is 11.1. The summed E-state index contributed by atoms with van der Waals surface area (Å²) in [7, 11) is 0. The summed E-state index contributed by atoms with van der Waals surface area (Å²) in [4.78, 5) is 13.6. The number of thiazole rings is 1. The fraction of sp³-hybridized carbons (Fsp3) is 0. The maximum atomic E-state index is 11.1. The van der Waals surface area contributed by atoms with Gasteiger partial charge in [-0.3, -0.25) is 9.78 Å². The zero-order valence-electron chi connectivity index (χ0n) is 8.16. The van der Waals surface area contributed by atoms with Gasteiger partial charge in [-0.25, -0.2) is 0 Å². The summed E-state index contributed by atoms with van der Waals surface area (Å²) >= 11 is 4.30. The molecule has 3 nitrogen and oxygen atoms in total. The Morgan fingerprint density at radius 1 is 1.50 bits per heavy atom. The number of hydrogen-bond donors (Lipinski definition) is 2. The van der Waals surface area contributed by atoms with Crippen molar-refractivity contribution < 1.29 is 5.11 Å². The lowest BCUT2D eigenvalue weighted by Crippen LogP contribution is -1.89. The van der Waals surface area contributed by atoms with E-state index in [-0.39, 0.29) is 10.8 Å². The van der Waals surface area contributed by atoms with Gasteiger partial charge >= 0.3 is 4.87 Å². The van der Waals surface area contributed by atoms with Gasteiger partial charge in [-0.05, 0) is 23.3 Å². The minimum atomic E-state index is -0.288. The molecule has 0 unspecified atom stereocenters. The van der Waals surface area contributed by atoms with E-state index in [1.165, 1.54) is 0 Å². The van der Waals surface area contributed by atoms with Gasteiger partial charge in [0.25, 0.3) is 0 Å². The average molecular weight is 298 g/mol. The number of aromatic amines is 1. The van der Waals surface area contributed by atoms with E-state index >= 15 is 0 Å².